The molecule has 0 radical (unpaired) electrons. The molecule has 12 heteroatoms. The molecule has 0 aliphatic carbocycles. The number of hydrogen-bond donors (Lipinski definition) is 1. The van der Waals surface area contributed by atoms with Crippen LogP contribution in [0.1, 0.15) is 35.4 Å². The number of aliphatic hydroxyl groups excluding tert-OH is 1. The molecule has 2 aliphatic rings. The highest BCUT2D eigenvalue weighted by Gasteiger charge is 2.42. The highest BCUT2D eigenvalue weighted by atomic mass is 16.6. The first-order valence-electron chi connectivity index (χ1n) is 18.1. The van der Waals surface area contributed by atoms with E-state index in [1.807, 2.05) is 66.7 Å². The van der Waals surface area contributed by atoms with Gasteiger partial charge in [0.2, 0.25) is 0 Å². The van der Waals surface area contributed by atoms with Gasteiger partial charge in [0.15, 0.2) is 0 Å². The molecule has 3 aromatic rings. The fraction of sp³-hybridized carbons (Fsp3) is 0.525. The molecular weight excluding hydrogens is 668 g/mol. The molecule has 2 heterocycles. The van der Waals surface area contributed by atoms with Gasteiger partial charge in [-0.3, -0.25) is 0 Å². The molecule has 4 atom stereocenters. The number of rotatable bonds is 20. The number of nitrogens with zero attached hydrogens (tertiary/aromatic N) is 2. The van der Waals surface area contributed by atoms with Gasteiger partial charge in [0, 0.05) is 53.4 Å². The van der Waals surface area contributed by atoms with Gasteiger partial charge in [-0.25, -0.2) is 4.79 Å². The lowest BCUT2D eigenvalue weighted by Crippen LogP contribution is -2.55. The third-order valence-electron chi connectivity index (χ3n) is 9.18. The first kappa shape index (κ1) is 39.3. The van der Waals surface area contributed by atoms with Crippen molar-refractivity contribution in [2.45, 2.75) is 50.3 Å². The molecule has 1 saturated heterocycles. The predicted octanol–water partition coefficient (Wildman–Crippen LogP) is 5.05. The van der Waals surface area contributed by atoms with E-state index in [2.05, 4.69) is 11.0 Å². The minimum absolute atomic E-state index is 0.0268. The Morgan fingerprint density at radius 2 is 1.58 bits per heavy atom. The molecular formula is C40H54N2O10. The summed E-state index contributed by atoms with van der Waals surface area (Å²) in [5.74, 6) is 1.32. The van der Waals surface area contributed by atoms with E-state index in [1.54, 1.807) is 19.1 Å². The third-order valence-corrected chi connectivity index (χ3v) is 9.18. The number of carbonyl (C=O) groups is 1. The van der Waals surface area contributed by atoms with Gasteiger partial charge in [-0.2, -0.15) is 0 Å². The van der Waals surface area contributed by atoms with E-state index < -0.39 is 24.4 Å². The Morgan fingerprint density at radius 3 is 2.33 bits per heavy atom. The maximum absolute atomic E-state index is 13.6. The first-order chi connectivity index (χ1) is 25.5. The number of anilines is 1. The predicted molar refractivity (Wildman–Crippen MR) is 196 cm³/mol. The number of likely N-dealkylation sites (tertiary alicyclic amines) is 1. The highest BCUT2D eigenvalue weighted by molar-refractivity contribution is 5.68. The molecule has 1 fully saturated rings. The molecule has 0 bridgehead atoms. The summed E-state index contributed by atoms with van der Waals surface area (Å²) in [5.41, 5.74) is 3.88. The molecule has 1 N–H and O–H groups in total. The lowest BCUT2D eigenvalue weighted by Gasteiger charge is -2.43. The quantitative estimate of drug-likeness (QED) is 0.158. The van der Waals surface area contributed by atoms with Crippen molar-refractivity contribution in [3.05, 3.63) is 89.5 Å². The lowest BCUT2D eigenvalue weighted by molar-refractivity contribution is -0.109. The second-order valence-electron chi connectivity index (χ2n) is 13.0. The van der Waals surface area contributed by atoms with Gasteiger partial charge in [-0.15, -0.1) is 0 Å². The second-order valence-corrected chi connectivity index (χ2v) is 13.0. The monoisotopic (exact) mass is 722 g/mol. The summed E-state index contributed by atoms with van der Waals surface area (Å²) in [4.78, 5) is 17.6. The number of ether oxygens (including phenoxy) is 8. The molecule has 0 aromatic heterocycles. The minimum atomic E-state index is -0.835. The lowest BCUT2D eigenvalue weighted by atomic mass is 9.84. The van der Waals surface area contributed by atoms with Crippen LogP contribution in [0.3, 0.4) is 0 Å². The molecule has 52 heavy (non-hydrogen) atoms. The summed E-state index contributed by atoms with van der Waals surface area (Å²) >= 11 is 0. The molecule has 0 saturated carbocycles. The Bertz CT molecular complexity index is 1480. The van der Waals surface area contributed by atoms with Crippen LogP contribution in [-0.4, -0.2) is 122 Å². The molecule has 2 aliphatic heterocycles. The number of hydrogen-bond acceptors (Lipinski definition) is 11. The average Bonchev–Trinajstić information content (AvgIpc) is 3.17. The SMILES string of the molecule is COCCCOc1ccc([C@@H]2[C@@H](OCc3ccc4c(c3)N(CCCOC)CCO4)CN(C(=O)OCc3ccccc3)C[C@H]2OC[C@@H](O)COC)cc1. The zero-order valence-corrected chi connectivity index (χ0v) is 30.7. The maximum atomic E-state index is 13.6. The van der Waals surface area contributed by atoms with Crippen LogP contribution in [0, 0.1) is 0 Å². The summed E-state index contributed by atoms with van der Waals surface area (Å²) in [5, 5.41) is 10.6. The van der Waals surface area contributed by atoms with Gasteiger partial charge in [0.25, 0.3) is 0 Å². The van der Waals surface area contributed by atoms with Crippen molar-refractivity contribution < 1.29 is 47.8 Å². The van der Waals surface area contributed by atoms with Crippen LogP contribution in [0.5, 0.6) is 11.5 Å². The number of carbonyl (C=O) groups excluding carboxylic acids is 1. The van der Waals surface area contributed by atoms with Crippen LogP contribution in [0.15, 0.2) is 72.8 Å². The van der Waals surface area contributed by atoms with Crippen LogP contribution >= 0.6 is 0 Å². The molecule has 284 valence electrons. The summed E-state index contributed by atoms with van der Waals surface area (Å²) in [6, 6.07) is 23.6. The maximum Gasteiger partial charge on any atom is 0.410 e. The van der Waals surface area contributed by atoms with Gasteiger partial charge in [0.05, 0.1) is 64.0 Å². The van der Waals surface area contributed by atoms with Crippen molar-refractivity contribution in [1.82, 2.24) is 4.90 Å². The van der Waals surface area contributed by atoms with E-state index >= 15 is 0 Å². The molecule has 5 rings (SSSR count). The van der Waals surface area contributed by atoms with E-state index in [-0.39, 0.29) is 38.8 Å². The van der Waals surface area contributed by atoms with Gasteiger partial charge in [-0.1, -0.05) is 48.5 Å². The Hall–Kier alpha value is -3.91. The number of fused-ring (bicyclic) bond motifs is 1. The van der Waals surface area contributed by atoms with Crippen molar-refractivity contribution in [2.24, 2.45) is 0 Å². The van der Waals surface area contributed by atoms with E-state index in [0.717, 1.165) is 59.8 Å². The Kier molecular flexibility index (Phi) is 15.8. The zero-order chi connectivity index (χ0) is 36.5. The van der Waals surface area contributed by atoms with Gasteiger partial charge < -0.3 is 52.8 Å². The number of piperidine rings is 1. The fourth-order valence-electron chi connectivity index (χ4n) is 6.58. The number of amides is 1. The molecule has 0 unspecified atom stereocenters. The summed E-state index contributed by atoms with van der Waals surface area (Å²) in [6.07, 6.45) is -0.588. The Balaban J connectivity index is 1.38. The van der Waals surface area contributed by atoms with E-state index in [1.165, 1.54) is 7.11 Å². The number of methoxy groups -OCH3 is 3. The normalized spacial score (nSPS) is 19.1. The molecule has 3 aromatic carbocycles. The van der Waals surface area contributed by atoms with Crippen LogP contribution < -0.4 is 14.4 Å². The Morgan fingerprint density at radius 1 is 0.827 bits per heavy atom. The van der Waals surface area contributed by atoms with Crippen molar-refractivity contribution in [2.75, 3.05) is 92.0 Å². The highest BCUT2D eigenvalue weighted by Crippen LogP contribution is 2.36. The summed E-state index contributed by atoms with van der Waals surface area (Å²) in [7, 11) is 4.92. The standard InChI is InChI=1S/C40H54N2O10/c1-45-19-7-17-41-18-22-49-36-16-11-31(23-35(36)41)27-50-37-24-42(40(44)52-26-30-9-5-4-6-10-30)25-38(51-29-33(43)28-47-3)39(37)32-12-14-34(15-13-32)48-21-8-20-46-2/h4-6,9-16,23,33,37-39,43H,7-8,17-22,24-29H2,1-3H3/t33-,37-,38+,39+/m0/s1. The van der Waals surface area contributed by atoms with Crippen LogP contribution in [0.4, 0.5) is 10.5 Å². The van der Waals surface area contributed by atoms with E-state index in [4.69, 9.17) is 37.9 Å². The number of aliphatic hydroxyl groups is 1. The Labute approximate surface area is 307 Å². The minimum Gasteiger partial charge on any atom is -0.494 e. The van der Waals surface area contributed by atoms with Gasteiger partial charge in [0.1, 0.15) is 30.8 Å². The third kappa shape index (κ3) is 11.5. The van der Waals surface area contributed by atoms with E-state index in [0.29, 0.717) is 33.0 Å². The first-order valence-corrected chi connectivity index (χ1v) is 18.1. The zero-order valence-electron chi connectivity index (χ0n) is 30.7. The number of benzene rings is 3. The largest absolute Gasteiger partial charge is 0.494 e. The van der Waals surface area contributed by atoms with Crippen molar-refractivity contribution in [1.29, 1.82) is 0 Å². The van der Waals surface area contributed by atoms with E-state index in [9.17, 15) is 9.90 Å². The van der Waals surface area contributed by atoms with Crippen molar-refractivity contribution in [3.8, 4) is 11.5 Å². The van der Waals surface area contributed by atoms with Crippen LogP contribution in [0.25, 0.3) is 0 Å². The second kappa shape index (κ2) is 21.0. The smallest absolute Gasteiger partial charge is 0.410 e. The topological polar surface area (TPSA) is 118 Å². The van der Waals surface area contributed by atoms with Gasteiger partial charge >= 0.3 is 6.09 Å². The molecule has 12 nitrogen and oxygen atoms in total. The van der Waals surface area contributed by atoms with Gasteiger partial charge in [-0.05, 0) is 47.4 Å². The molecule has 1 amide bonds. The fourth-order valence-corrected chi connectivity index (χ4v) is 6.58. The van der Waals surface area contributed by atoms with Crippen molar-refractivity contribution >= 4 is 11.8 Å². The summed E-state index contributed by atoms with van der Waals surface area (Å²) in [6.45, 7) is 5.28. The van der Waals surface area contributed by atoms with Crippen molar-refractivity contribution in [3.63, 3.8) is 0 Å². The van der Waals surface area contributed by atoms with Crippen LogP contribution in [-0.2, 0) is 41.6 Å². The van der Waals surface area contributed by atoms with Crippen LogP contribution in [0.2, 0.25) is 0 Å². The molecule has 0 spiro atoms. The average molecular weight is 723 g/mol. The summed E-state index contributed by atoms with van der Waals surface area (Å²) < 4.78 is 46.4.